The number of halogens is 2. The average molecular weight is 245 g/mol. The van der Waals surface area contributed by atoms with Crippen LogP contribution in [0.4, 0.5) is 10.5 Å². The van der Waals surface area contributed by atoms with Crippen molar-refractivity contribution in [2.45, 2.75) is 6.92 Å². The largest absolute Gasteiger partial charge is 0.323 e. The SMILES string of the molecule is C=C(C)NC(=O)Nc1c(Cl)cccc1Cl. The van der Waals surface area contributed by atoms with Crippen molar-refractivity contribution in [3.05, 3.63) is 40.5 Å². The lowest BCUT2D eigenvalue weighted by Crippen LogP contribution is -2.26. The second-order valence-electron chi connectivity index (χ2n) is 2.96. The van der Waals surface area contributed by atoms with E-state index in [1.807, 2.05) is 0 Å². The molecule has 2 N–H and O–H groups in total. The number of anilines is 1. The van der Waals surface area contributed by atoms with Crippen molar-refractivity contribution in [2.75, 3.05) is 5.32 Å². The summed E-state index contributed by atoms with van der Waals surface area (Å²) in [6.45, 7) is 5.22. The molecule has 80 valence electrons. The predicted molar refractivity (Wildman–Crippen MR) is 63.4 cm³/mol. The van der Waals surface area contributed by atoms with Gasteiger partial charge in [-0.2, -0.15) is 0 Å². The Morgan fingerprint density at radius 3 is 2.33 bits per heavy atom. The summed E-state index contributed by atoms with van der Waals surface area (Å²) in [6, 6.07) is 4.57. The van der Waals surface area contributed by atoms with Crippen LogP contribution in [0.1, 0.15) is 6.92 Å². The van der Waals surface area contributed by atoms with Crippen molar-refractivity contribution < 1.29 is 4.79 Å². The van der Waals surface area contributed by atoms with E-state index in [1.54, 1.807) is 25.1 Å². The van der Waals surface area contributed by atoms with E-state index in [0.29, 0.717) is 21.4 Å². The molecule has 0 bridgehead atoms. The third kappa shape index (κ3) is 3.46. The second-order valence-corrected chi connectivity index (χ2v) is 3.77. The highest BCUT2D eigenvalue weighted by Crippen LogP contribution is 2.29. The van der Waals surface area contributed by atoms with E-state index < -0.39 is 6.03 Å². The van der Waals surface area contributed by atoms with Gasteiger partial charge in [-0.25, -0.2) is 4.79 Å². The molecular formula is C10H10Cl2N2O. The monoisotopic (exact) mass is 244 g/mol. The van der Waals surface area contributed by atoms with E-state index in [1.165, 1.54) is 0 Å². The van der Waals surface area contributed by atoms with Crippen molar-refractivity contribution in [3.63, 3.8) is 0 Å². The molecule has 0 saturated carbocycles. The van der Waals surface area contributed by atoms with Crippen LogP contribution in [-0.2, 0) is 0 Å². The van der Waals surface area contributed by atoms with Crippen LogP contribution in [0.15, 0.2) is 30.5 Å². The Kier molecular flexibility index (Phi) is 4.00. The number of urea groups is 1. The van der Waals surface area contributed by atoms with Crippen LogP contribution < -0.4 is 10.6 Å². The van der Waals surface area contributed by atoms with Gasteiger partial charge in [-0.15, -0.1) is 0 Å². The fourth-order valence-electron chi connectivity index (χ4n) is 0.956. The zero-order valence-electron chi connectivity index (χ0n) is 8.10. The molecule has 0 saturated heterocycles. The molecule has 1 aromatic rings. The minimum atomic E-state index is -0.419. The number of carbonyl (C=O) groups excluding carboxylic acids is 1. The Balaban J connectivity index is 2.80. The topological polar surface area (TPSA) is 41.1 Å². The van der Waals surface area contributed by atoms with E-state index in [2.05, 4.69) is 17.2 Å². The molecule has 0 aliphatic carbocycles. The smallest absolute Gasteiger partial charge is 0.312 e. The number of benzene rings is 1. The molecule has 0 spiro atoms. The van der Waals surface area contributed by atoms with Crippen LogP contribution in [0.2, 0.25) is 10.0 Å². The molecule has 0 fully saturated rings. The molecule has 1 rings (SSSR count). The van der Waals surface area contributed by atoms with Crippen molar-refractivity contribution in [1.29, 1.82) is 0 Å². The molecule has 2 amide bonds. The number of para-hydroxylation sites is 1. The fourth-order valence-corrected chi connectivity index (χ4v) is 1.45. The summed E-state index contributed by atoms with van der Waals surface area (Å²) in [6.07, 6.45) is 0. The summed E-state index contributed by atoms with van der Waals surface area (Å²) in [5.74, 6) is 0. The van der Waals surface area contributed by atoms with Crippen LogP contribution in [-0.4, -0.2) is 6.03 Å². The number of rotatable bonds is 2. The number of nitrogens with one attached hydrogen (secondary N) is 2. The van der Waals surface area contributed by atoms with Gasteiger partial charge >= 0.3 is 6.03 Å². The maximum absolute atomic E-state index is 11.3. The van der Waals surface area contributed by atoms with Crippen molar-refractivity contribution >= 4 is 34.9 Å². The summed E-state index contributed by atoms with van der Waals surface area (Å²) in [4.78, 5) is 11.3. The Morgan fingerprint density at radius 1 is 1.33 bits per heavy atom. The van der Waals surface area contributed by atoms with E-state index >= 15 is 0 Å². The first-order chi connectivity index (χ1) is 7.00. The average Bonchev–Trinajstić information content (AvgIpc) is 2.10. The van der Waals surface area contributed by atoms with E-state index in [9.17, 15) is 4.79 Å². The van der Waals surface area contributed by atoms with Gasteiger partial charge in [0.05, 0.1) is 15.7 Å². The Bertz CT molecular complexity index is 384. The summed E-state index contributed by atoms with van der Waals surface area (Å²) in [7, 11) is 0. The van der Waals surface area contributed by atoms with E-state index in [4.69, 9.17) is 23.2 Å². The molecule has 5 heteroatoms. The molecule has 0 atom stereocenters. The highest BCUT2D eigenvalue weighted by molar-refractivity contribution is 6.39. The Hall–Kier alpha value is -1.19. The van der Waals surface area contributed by atoms with Gasteiger partial charge in [0.1, 0.15) is 0 Å². The predicted octanol–water partition coefficient (Wildman–Crippen LogP) is 3.65. The number of hydrogen-bond donors (Lipinski definition) is 2. The molecule has 0 aromatic heterocycles. The normalized spacial score (nSPS) is 9.53. The van der Waals surface area contributed by atoms with Gasteiger partial charge in [-0.3, -0.25) is 0 Å². The van der Waals surface area contributed by atoms with Gasteiger partial charge in [0.2, 0.25) is 0 Å². The van der Waals surface area contributed by atoms with E-state index in [0.717, 1.165) is 0 Å². The molecule has 0 aliphatic rings. The fraction of sp³-hybridized carbons (Fsp3) is 0.100. The first-order valence-corrected chi connectivity index (χ1v) is 4.94. The third-order valence-corrected chi connectivity index (χ3v) is 2.16. The highest BCUT2D eigenvalue weighted by atomic mass is 35.5. The van der Waals surface area contributed by atoms with Gasteiger partial charge in [0.25, 0.3) is 0 Å². The Labute approximate surface area is 98.1 Å². The summed E-state index contributed by atoms with van der Waals surface area (Å²) in [5.41, 5.74) is 0.926. The molecular weight excluding hydrogens is 235 g/mol. The van der Waals surface area contributed by atoms with Crippen LogP contribution >= 0.6 is 23.2 Å². The molecule has 0 heterocycles. The number of allylic oxidation sites excluding steroid dienone is 1. The van der Waals surface area contributed by atoms with Crippen LogP contribution in [0.25, 0.3) is 0 Å². The maximum Gasteiger partial charge on any atom is 0.323 e. The molecule has 3 nitrogen and oxygen atoms in total. The molecule has 15 heavy (non-hydrogen) atoms. The van der Waals surface area contributed by atoms with Crippen LogP contribution in [0, 0.1) is 0 Å². The minimum absolute atomic E-state index is 0.388. The first-order valence-electron chi connectivity index (χ1n) is 4.18. The number of hydrogen-bond acceptors (Lipinski definition) is 1. The standard InChI is InChI=1S/C10H10Cl2N2O/c1-6(2)13-10(15)14-9-7(11)4-3-5-8(9)12/h3-5H,1H2,2H3,(H2,13,14,15). The lowest BCUT2D eigenvalue weighted by molar-refractivity contribution is 0.254. The molecule has 0 aliphatic heterocycles. The number of carbonyl (C=O) groups is 1. The molecule has 0 radical (unpaired) electrons. The lowest BCUT2D eigenvalue weighted by Gasteiger charge is -2.09. The summed E-state index contributed by atoms with van der Waals surface area (Å²) < 4.78 is 0. The highest BCUT2D eigenvalue weighted by Gasteiger charge is 2.08. The minimum Gasteiger partial charge on any atom is -0.312 e. The summed E-state index contributed by atoms with van der Waals surface area (Å²) in [5, 5.41) is 5.80. The van der Waals surface area contributed by atoms with Gasteiger partial charge in [0, 0.05) is 5.70 Å². The Morgan fingerprint density at radius 2 is 1.87 bits per heavy atom. The van der Waals surface area contributed by atoms with Crippen molar-refractivity contribution in [2.24, 2.45) is 0 Å². The van der Waals surface area contributed by atoms with Crippen molar-refractivity contribution in [3.8, 4) is 0 Å². The van der Waals surface area contributed by atoms with Crippen molar-refractivity contribution in [1.82, 2.24) is 5.32 Å². The second kappa shape index (κ2) is 5.05. The quantitative estimate of drug-likeness (QED) is 0.820. The van der Waals surface area contributed by atoms with E-state index in [-0.39, 0.29) is 0 Å². The van der Waals surface area contributed by atoms with Gasteiger partial charge in [-0.05, 0) is 19.1 Å². The lowest BCUT2D eigenvalue weighted by atomic mass is 10.3. The summed E-state index contributed by atoms with van der Waals surface area (Å²) >= 11 is 11.7. The molecule has 1 aromatic carbocycles. The van der Waals surface area contributed by atoms with Crippen LogP contribution in [0.5, 0.6) is 0 Å². The maximum atomic E-state index is 11.3. The number of amides is 2. The zero-order valence-corrected chi connectivity index (χ0v) is 9.62. The van der Waals surface area contributed by atoms with Crippen LogP contribution in [0.3, 0.4) is 0 Å². The van der Waals surface area contributed by atoms with Gasteiger partial charge in [0.15, 0.2) is 0 Å². The first kappa shape index (κ1) is 11.9. The molecule has 0 unspecified atom stereocenters. The van der Waals surface area contributed by atoms with Gasteiger partial charge < -0.3 is 10.6 Å². The zero-order chi connectivity index (χ0) is 11.4. The third-order valence-electron chi connectivity index (χ3n) is 1.53. The van der Waals surface area contributed by atoms with Gasteiger partial charge in [-0.1, -0.05) is 35.8 Å².